The van der Waals surface area contributed by atoms with Crippen LogP contribution < -0.4 is 4.74 Å². The summed E-state index contributed by atoms with van der Waals surface area (Å²) >= 11 is 9.10. The van der Waals surface area contributed by atoms with Crippen LogP contribution in [0.2, 0.25) is 5.02 Å². The number of nitrogens with zero attached hydrogens (tertiary/aromatic N) is 1. The van der Waals surface area contributed by atoms with Crippen LogP contribution in [0.1, 0.15) is 5.56 Å². The van der Waals surface area contributed by atoms with Crippen LogP contribution in [-0.2, 0) is 6.61 Å². The molecule has 0 aliphatic rings. The van der Waals surface area contributed by atoms with Gasteiger partial charge >= 0.3 is 5.69 Å². The average molecular weight is 361 g/mol. The number of nitro benzene ring substituents is 1. The van der Waals surface area contributed by atoms with E-state index < -0.39 is 4.92 Å². The fourth-order valence-electron chi connectivity index (χ4n) is 1.57. The summed E-state index contributed by atoms with van der Waals surface area (Å²) in [5, 5.41) is 11.1. The van der Waals surface area contributed by atoms with Crippen LogP contribution in [0, 0.1) is 15.9 Å². The van der Waals surface area contributed by atoms with Gasteiger partial charge in [0.05, 0.1) is 9.95 Å². The van der Waals surface area contributed by atoms with Crippen LogP contribution in [0.15, 0.2) is 40.9 Å². The third-order valence-electron chi connectivity index (χ3n) is 2.53. The lowest BCUT2D eigenvalue weighted by atomic mass is 10.2. The highest BCUT2D eigenvalue weighted by Crippen LogP contribution is 2.35. The number of para-hydroxylation sites is 1. The maximum absolute atomic E-state index is 13.0. The molecule has 0 unspecified atom stereocenters. The maximum atomic E-state index is 13.0. The standard InChI is InChI=1S/C13H8BrClFNO3/c14-10-6-9(16)5-4-8(10)7-20-13-11(15)2-1-3-12(13)17(18)19/h1-6H,7H2. The Kier molecular flexibility index (Phi) is 4.57. The predicted octanol–water partition coefficient (Wildman–Crippen LogP) is 4.73. The second-order valence-corrected chi connectivity index (χ2v) is 5.13. The lowest BCUT2D eigenvalue weighted by Crippen LogP contribution is -2.00. The first-order valence-electron chi connectivity index (χ1n) is 5.48. The number of halogens is 3. The fraction of sp³-hybridized carbons (Fsp3) is 0.0769. The van der Waals surface area contributed by atoms with E-state index in [0.717, 1.165) is 0 Å². The number of benzene rings is 2. The smallest absolute Gasteiger partial charge is 0.312 e. The van der Waals surface area contributed by atoms with Crippen molar-refractivity contribution in [3.05, 3.63) is 67.4 Å². The lowest BCUT2D eigenvalue weighted by Gasteiger charge is -2.09. The van der Waals surface area contributed by atoms with Gasteiger partial charge in [0.2, 0.25) is 5.75 Å². The second kappa shape index (κ2) is 6.19. The summed E-state index contributed by atoms with van der Waals surface area (Å²) in [4.78, 5) is 10.3. The van der Waals surface area contributed by atoms with Crippen molar-refractivity contribution < 1.29 is 14.1 Å². The summed E-state index contributed by atoms with van der Waals surface area (Å²) in [5.74, 6) is -0.389. The van der Waals surface area contributed by atoms with E-state index in [0.29, 0.717) is 10.0 Å². The Bertz CT molecular complexity index is 666. The summed E-state index contributed by atoms with van der Waals surface area (Å²) in [6, 6.07) is 8.39. The summed E-state index contributed by atoms with van der Waals surface area (Å²) in [6.07, 6.45) is 0. The molecule has 20 heavy (non-hydrogen) atoms. The molecule has 2 rings (SSSR count). The highest BCUT2D eigenvalue weighted by atomic mass is 79.9. The van der Waals surface area contributed by atoms with E-state index in [1.807, 2.05) is 0 Å². The molecule has 0 heterocycles. The normalized spacial score (nSPS) is 10.3. The molecule has 104 valence electrons. The van der Waals surface area contributed by atoms with E-state index >= 15 is 0 Å². The predicted molar refractivity (Wildman–Crippen MR) is 76.5 cm³/mol. The van der Waals surface area contributed by atoms with Crippen LogP contribution >= 0.6 is 27.5 Å². The zero-order valence-corrected chi connectivity index (χ0v) is 12.3. The van der Waals surface area contributed by atoms with Gasteiger partial charge in [-0.25, -0.2) is 4.39 Å². The molecule has 4 nitrogen and oxygen atoms in total. The minimum Gasteiger partial charge on any atom is -0.481 e. The van der Waals surface area contributed by atoms with Crippen molar-refractivity contribution in [2.75, 3.05) is 0 Å². The molecule has 0 fully saturated rings. The van der Waals surface area contributed by atoms with Crippen LogP contribution in [0.25, 0.3) is 0 Å². The van der Waals surface area contributed by atoms with Gasteiger partial charge in [-0.2, -0.15) is 0 Å². The fourth-order valence-corrected chi connectivity index (χ4v) is 2.26. The monoisotopic (exact) mass is 359 g/mol. The number of hydrogen-bond acceptors (Lipinski definition) is 3. The third-order valence-corrected chi connectivity index (χ3v) is 3.57. The second-order valence-electron chi connectivity index (χ2n) is 3.87. The molecule has 0 N–H and O–H groups in total. The lowest BCUT2D eigenvalue weighted by molar-refractivity contribution is -0.385. The Labute approximate surface area is 127 Å². The molecule has 0 radical (unpaired) electrons. The molecule has 2 aromatic carbocycles. The van der Waals surface area contributed by atoms with Crippen molar-refractivity contribution in [3.8, 4) is 5.75 Å². The molecule has 2 aromatic rings. The van der Waals surface area contributed by atoms with E-state index in [4.69, 9.17) is 16.3 Å². The number of hydrogen-bond donors (Lipinski definition) is 0. The van der Waals surface area contributed by atoms with Gasteiger partial charge in [-0.05, 0) is 18.2 Å². The van der Waals surface area contributed by atoms with Gasteiger partial charge < -0.3 is 4.74 Å². The number of nitro groups is 1. The maximum Gasteiger partial charge on any atom is 0.312 e. The van der Waals surface area contributed by atoms with E-state index in [9.17, 15) is 14.5 Å². The first-order valence-corrected chi connectivity index (χ1v) is 6.66. The van der Waals surface area contributed by atoms with Crippen molar-refractivity contribution in [3.63, 3.8) is 0 Å². The van der Waals surface area contributed by atoms with Crippen molar-refractivity contribution in [1.82, 2.24) is 0 Å². The highest BCUT2D eigenvalue weighted by molar-refractivity contribution is 9.10. The van der Waals surface area contributed by atoms with Gasteiger partial charge in [0, 0.05) is 16.1 Å². The molecular formula is C13H8BrClFNO3. The van der Waals surface area contributed by atoms with Crippen LogP contribution in [0.5, 0.6) is 5.75 Å². The Morgan fingerprint density at radius 2 is 2.10 bits per heavy atom. The van der Waals surface area contributed by atoms with Gasteiger partial charge in [-0.3, -0.25) is 10.1 Å². The molecule has 0 amide bonds. The minimum atomic E-state index is -0.569. The van der Waals surface area contributed by atoms with Gasteiger partial charge in [0.25, 0.3) is 0 Å². The molecule has 0 atom stereocenters. The Morgan fingerprint density at radius 1 is 1.35 bits per heavy atom. The molecular weight excluding hydrogens is 353 g/mol. The van der Waals surface area contributed by atoms with E-state index in [2.05, 4.69) is 15.9 Å². The van der Waals surface area contributed by atoms with Crippen molar-refractivity contribution in [1.29, 1.82) is 0 Å². The van der Waals surface area contributed by atoms with E-state index in [-0.39, 0.29) is 28.9 Å². The zero-order chi connectivity index (χ0) is 14.7. The summed E-state index contributed by atoms with van der Waals surface area (Å²) in [5.41, 5.74) is 0.441. The summed E-state index contributed by atoms with van der Waals surface area (Å²) in [6.45, 7) is 0.0332. The number of rotatable bonds is 4. The van der Waals surface area contributed by atoms with Crippen molar-refractivity contribution in [2.45, 2.75) is 6.61 Å². The molecule has 7 heteroatoms. The van der Waals surface area contributed by atoms with Crippen LogP contribution in [0.4, 0.5) is 10.1 Å². The number of ether oxygens (including phenoxy) is 1. The van der Waals surface area contributed by atoms with E-state index in [1.165, 1.54) is 36.4 Å². The van der Waals surface area contributed by atoms with Gasteiger partial charge in [0.15, 0.2) is 0 Å². The molecule has 0 aliphatic carbocycles. The third kappa shape index (κ3) is 3.26. The van der Waals surface area contributed by atoms with Gasteiger partial charge in [-0.15, -0.1) is 0 Å². The topological polar surface area (TPSA) is 52.4 Å². The van der Waals surface area contributed by atoms with E-state index in [1.54, 1.807) is 0 Å². The first-order chi connectivity index (χ1) is 9.49. The first kappa shape index (κ1) is 14.7. The molecule has 0 aliphatic heterocycles. The molecule has 0 spiro atoms. The Hall–Kier alpha value is -1.66. The quantitative estimate of drug-likeness (QED) is 0.585. The minimum absolute atomic E-state index is 0.00427. The highest BCUT2D eigenvalue weighted by Gasteiger charge is 2.18. The van der Waals surface area contributed by atoms with Gasteiger partial charge in [-0.1, -0.05) is 39.7 Å². The zero-order valence-electron chi connectivity index (χ0n) is 9.98. The Morgan fingerprint density at radius 3 is 2.75 bits per heavy atom. The summed E-state index contributed by atoms with van der Waals surface area (Å²) in [7, 11) is 0. The molecule has 0 saturated heterocycles. The van der Waals surface area contributed by atoms with Crippen molar-refractivity contribution >= 4 is 33.2 Å². The summed E-state index contributed by atoms with van der Waals surface area (Å²) < 4.78 is 18.9. The average Bonchev–Trinajstić information content (AvgIpc) is 2.38. The van der Waals surface area contributed by atoms with Gasteiger partial charge in [0.1, 0.15) is 12.4 Å². The SMILES string of the molecule is O=[N+]([O-])c1cccc(Cl)c1OCc1ccc(F)cc1Br. The largest absolute Gasteiger partial charge is 0.481 e. The van der Waals surface area contributed by atoms with Crippen molar-refractivity contribution in [2.24, 2.45) is 0 Å². The Balaban J connectivity index is 2.25. The molecule has 0 aromatic heterocycles. The van der Waals surface area contributed by atoms with Crippen LogP contribution in [0.3, 0.4) is 0 Å². The van der Waals surface area contributed by atoms with Crippen LogP contribution in [-0.4, -0.2) is 4.92 Å². The molecule has 0 saturated carbocycles. The molecule has 0 bridgehead atoms.